The van der Waals surface area contributed by atoms with Crippen LogP contribution in [0.25, 0.3) is 6.08 Å². The number of hydrogen-bond acceptors (Lipinski definition) is 1. The van der Waals surface area contributed by atoms with Crippen LogP contribution in [0.1, 0.15) is 95.6 Å². The van der Waals surface area contributed by atoms with E-state index in [2.05, 4.69) is 70.0 Å². The number of hydrogen-bond donors (Lipinski definition) is 0. The molecule has 2 atom stereocenters. The van der Waals surface area contributed by atoms with Gasteiger partial charge < -0.3 is 4.74 Å². The van der Waals surface area contributed by atoms with Gasteiger partial charge in [-0.1, -0.05) is 83.7 Å². The fraction of sp³-hybridized carbons (Fsp3) is 0.552. The van der Waals surface area contributed by atoms with Gasteiger partial charge in [0.25, 0.3) is 0 Å². The maximum Gasteiger partial charge on any atom is 0.119 e. The molecule has 0 fully saturated rings. The summed E-state index contributed by atoms with van der Waals surface area (Å²) in [5.41, 5.74) is 7.10. The first kappa shape index (κ1) is 24.3. The number of allylic oxidation sites excluding steroid dienone is 3. The van der Waals surface area contributed by atoms with E-state index in [1.54, 1.807) is 0 Å². The molecule has 0 heterocycles. The minimum absolute atomic E-state index is 0.385. The van der Waals surface area contributed by atoms with Crippen LogP contribution in [0.15, 0.2) is 54.8 Å². The molecule has 1 aliphatic carbocycles. The Hall–Kier alpha value is -1.98. The number of rotatable bonds is 14. The number of ether oxygens (including phenoxy) is 1. The average Bonchev–Trinajstić information content (AvgIpc) is 2.77. The SMILES string of the molecule is C=C=C1C=Cc2ccc(OCCCCC=C)cc2C1CCCCC(C)C(CC)CC. The van der Waals surface area contributed by atoms with Gasteiger partial charge in [0.15, 0.2) is 0 Å². The lowest BCUT2D eigenvalue weighted by molar-refractivity contribution is 0.306. The summed E-state index contributed by atoms with van der Waals surface area (Å²) in [6, 6.07) is 6.56. The van der Waals surface area contributed by atoms with Crippen molar-refractivity contribution in [1.82, 2.24) is 0 Å². The van der Waals surface area contributed by atoms with E-state index in [0.29, 0.717) is 5.92 Å². The summed E-state index contributed by atoms with van der Waals surface area (Å²) in [6.07, 6.45) is 17.3. The molecule has 2 rings (SSSR count). The molecule has 1 nitrogen and oxygen atoms in total. The van der Waals surface area contributed by atoms with Crippen LogP contribution >= 0.6 is 0 Å². The van der Waals surface area contributed by atoms with Crippen molar-refractivity contribution in [1.29, 1.82) is 0 Å². The zero-order valence-electron chi connectivity index (χ0n) is 19.6. The van der Waals surface area contributed by atoms with Crippen LogP contribution < -0.4 is 4.74 Å². The van der Waals surface area contributed by atoms with Crippen molar-refractivity contribution in [3.8, 4) is 5.75 Å². The van der Waals surface area contributed by atoms with Crippen molar-refractivity contribution in [2.75, 3.05) is 6.61 Å². The molecule has 1 aromatic carbocycles. The highest BCUT2D eigenvalue weighted by Crippen LogP contribution is 2.39. The monoisotopic (exact) mass is 406 g/mol. The van der Waals surface area contributed by atoms with Crippen molar-refractivity contribution in [3.05, 3.63) is 65.9 Å². The van der Waals surface area contributed by atoms with E-state index in [1.807, 2.05) is 6.08 Å². The summed E-state index contributed by atoms with van der Waals surface area (Å²) in [6.45, 7) is 15.6. The Bertz CT molecular complexity index is 731. The Labute approximate surface area is 185 Å². The zero-order valence-corrected chi connectivity index (χ0v) is 19.6. The van der Waals surface area contributed by atoms with E-state index in [4.69, 9.17) is 4.74 Å². The van der Waals surface area contributed by atoms with E-state index in [9.17, 15) is 0 Å². The molecule has 0 N–H and O–H groups in total. The predicted molar refractivity (Wildman–Crippen MR) is 132 cm³/mol. The third-order valence-electron chi connectivity index (χ3n) is 6.78. The summed E-state index contributed by atoms with van der Waals surface area (Å²) in [5.74, 6) is 3.07. The molecule has 0 aromatic heterocycles. The second-order valence-electron chi connectivity index (χ2n) is 8.78. The molecule has 0 saturated heterocycles. The Kier molecular flexibility index (Phi) is 10.8. The molecule has 2 unspecified atom stereocenters. The van der Waals surface area contributed by atoms with Crippen molar-refractivity contribution in [3.63, 3.8) is 0 Å². The van der Waals surface area contributed by atoms with Crippen molar-refractivity contribution < 1.29 is 4.74 Å². The molecule has 1 aromatic rings. The second kappa shape index (κ2) is 13.3. The third kappa shape index (κ3) is 7.06. The van der Waals surface area contributed by atoms with Gasteiger partial charge in [-0.15, -0.1) is 12.3 Å². The van der Waals surface area contributed by atoms with Gasteiger partial charge in [0.1, 0.15) is 5.75 Å². The summed E-state index contributed by atoms with van der Waals surface area (Å²) in [5, 5.41) is 0. The minimum atomic E-state index is 0.385. The summed E-state index contributed by atoms with van der Waals surface area (Å²) in [7, 11) is 0. The molecule has 0 spiro atoms. The molecular weight excluding hydrogens is 364 g/mol. The van der Waals surface area contributed by atoms with Gasteiger partial charge in [0, 0.05) is 11.5 Å². The quantitative estimate of drug-likeness (QED) is 0.170. The topological polar surface area (TPSA) is 9.23 Å². The molecule has 0 saturated carbocycles. The maximum atomic E-state index is 6.04. The first-order valence-electron chi connectivity index (χ1n) is 12.1. The predicted octanol–water partition coefficient (Wildman–Crippen LogP) is 8.88. The fourth-order valence-electron chi connectivity index (χ4n) is 4.78. The highest BCUT2D eigenvalue weighted by atomic mass is 16.5. The Morgan fingerprint density at radius 3 is 2.60 bits per heavy atom. The fourth-order valence-corrected chi connectivity index (χ4v) is 4.78. The Balaban J connectivity index is 1.98. The van der Waals surface area contributed by atoms with Crippen LogP contribution in [-0.4, -0.2) is 6.61 Å². The molecular formula is C29H42O. The van der Waals surface area contributed by atoms with Crippen molar-refractivity contribution in [2.45, 2.75) is 84.5 Å². The first-order chi connectivity index (χ1) is 14.6. The van der Waals surface area contributed by atoms with Gasteiger partial charge in [-0.05, 0) is 60.8 Å². The lowest BCUT2D eigenvalue weighted by atomic mass is 9.79. The van der Waals surface area contributed by atoms with Crippen LogP contribution in [-0.2, 0) is 0 Å². The number of fused-ring (bicyclic) bond motifs is 1. The van der Waals surface area contributed by atoms with Gasteiger partial charge in [-0.3, -0.25) is 0 Å². The van der Waals surface area contributed by atoms with Crippen molar-refractivity contribution in [2.24, 2.45) is 11.8 Å². The third-order valence-corrected chi connectivity index (χ3v) is 6.78. The lowest BCUT2D eigenvalue weighted by Crippen LogP contribution is -2.11. The van der Waals surface area contributed by atoms with Gasteiger partial charge in [-0.2, -0.15) is 0 Å². The highest BCUT2D eigenvalue weighted by molar-refractivity contribution is 5.65. The van der Waals surface area contributed by atoms with Crippen LogP contribution in [0.4, 0.5) is 0 Å². The van der Waals surface area contributed by atoms with Gasteiger partial charge in [0.2, 0.25) is 0 Å². The second-order valence-corrected chi connectivity index (χ2v) is 8.78. The molecule has 1 aliphatic rings. The van der Waals surface area contributed by atoms with E-state index < -0.39 is 0 Å². The molecule has 0 aliphatic heterocycles. The molecule has 0 amide bonds. The number of unbranched alkanes of at least 4 members (excludes halogenated alkanes) is 3. The average molecular weight is 407 g/mol. The van der Waals surface area contributed by atoms with Gasteiger partial charge in [0.05, 0.1) is 6.61 Å². The standard InChI is InChI=1S/C29H42O/c1-6-10-11-14-21-30-27-20-19-26-18-17-25(9-4)28(29(26)22-27)16-13-12-15-23(5)24(7-2)8-3/h6,17-20,22-24,28H,1,4,7-8,10-16,21H2,2-3,5H3. The lowest BCUT2D eigenvalue weighted by Gasteiger charge is -2.25. The smallest absolute Gasteiger partial charge is 0.119 e. The van der Waals surface area contributed by atoms with E-state index in [1.165, 1.54) is 48.8 Å². The summed E-state index contributed by atoms with van der Waals surface area (Å²) >= 11 is 0. The molecule has 164 valence electrons. The minimum Gasteiger partial charge on any atom is -0.494 e. The number of benzene rings is 1. The molecule has 30 heavy (non-hydrogen) atoms. The van der Waals surface area contributed by atoms with E-state index in [-0.39, 0.29) is 0 Å². The first-order valence-corrected chi connectivity index (χ1v) is 12.1. The highest BCUT2D eigenvalue weighted by Gasteiger charge is 2.22. The zero-order chi connectivity index (χ0) is 21.8. The van der Waals surface area contributed by atoms with Gasteiger partial charge >= 0.3 is 0 Å². The van der Waals surface area contributed by atoms with Crippen LogP contribution in [0.3, 0.4) is 0 Å². The Morgan fingerprint density at radius 1 is 1.10 bits per heavy atom. The van der Waals surface area contributed by atoms with Crippen LogP contribution in [0, 0.1) is 11.8 Å². The van der Waals surface area contributed by atoms with Crippen LogP contribution in [0.2, 0.25) is 0 Å². The normalized spacial score (nSPS) is 16.3. The molecule has 0 radical (unpaired) electrons. The molecule has 1 heteroatoms. The Morgan fingerprint density at radius 2 is 1.90 bits per heavy atom. The van der Waals surface area contributed by atoms with E-state index in [0.717, 1.165) is 49.9 Å². The van der Waals surface area contributed by atoms with Gasteiger partial charge in [-0.25, -0.2) is 0 Å². The summed E-state index contributed by atoms with van der Waals surface area (Å²) in [4.78, 5) is 0. The van der Waals surface area contributed by atoms with Crippen LogP contribution in [0.5, 0.6) is 5.75 Å². The van der Waals surface area contributed by atoms with E-state index >= 15 is 0 Å². The van der Waals surface area contributed by atoms with Crippen molar-refractivity contribution >= 4 is 6.08 Å². The summed E-state index contributed by atoms with van der Waals surface area (Å²) < 4.78 is 6.04. The largest absolute Gasteiger partial charge is 0.494 e. The molecule has 0 bridgehead atoms. The maximum absolute atomic E-state index is 6.04.